The smallest absolute Gasteiger partial charge is 0.243 e. The van der Waals surface area contributed by atoms with E-state index in [0.717, 1.165) is 5.56 Å². The van der Waals surface area contributed by atoms with E-state index in [0.29, 0.717) is 30.8 Å². The second-order valence-electron chi connectivity index (χ2n) is 5.89. The number of aliphatic hydroxyl groups excluding tert-OH is 1. The number of benzene rings is 1. The second kappa shape index (κ2) is 6.44. The van der Waals surface area contributed by atoms with E-state index in [9.17, 15) is 13.5 Å². The molecule has 0 aliphatic carbocycles. The number of sulfonamides is 1. The van der Waals surface area contributed by atoms with Gasteiger partial charge in [0, 0.05) is 19.1 Å². The summed E-state index contributed by atoms with van der Waals surface area (Å²) in [6, 6.07) is 6.91. The minimum absolute atomic E-state index is 0.00298. The summed E-state index contributed by atoms with van der Waals surface area (Å²) in [6.07, 6.45) is 0.617. The van der Waals surface area contributed by atoms with E-state index in [1.807, 2.05) is 38.1 Å². The van der Waals surface area contributed by atoms with Gasteiger partial charge in [-0.25, -0.2) is 8.42 Å². The number of nitrogens with zero attached hydrogens (tertiary/aromatic N) is 2. The highest BCUT2D eigenvalue weighted by Gasteiger charge is 2.32. The molecule has 6 heteroatoms. The molecule has 5 nitrogen and oxygen atoms in total. The fourth-order valence-corrected chi connectivity index (χ4v) is 4.22. The van der Waals surface area contributed by atoms with Crippen LogP contribution in [0.25, 0.3) is 0 Å². The summed E-state index contributed by atoms with van der Waals surface area (Å²) in [5, 5.41) is 10.1. The number of likely N-dealkylation sites (N-methyl/N-ethyl adjacent to an activating group) is 1. The minimum atomic E-state index is -3.47. The molecular formula is C15H24N2O3S. The first-order chi connectivity index (χ1) is 9.82. The van der Waals surface area contributed by atoms with Gasteiger partial charge >= 0.3 is 0 Å². The zero-order valence-corrected chi connectivity index (χ0v) is 13.7. The Kier molecular flexibility index (Phi) is 5.03. The first-order valence-corrected chi connectivity index (χ1v) is 8.67. The standard InChI is InChI=1S/C15H24N2O3S/c1-12-4-6-13(7-5-12)21(19,20)17-10-8-14(16(2)3)15(18)9-11-17/h4-7,14-15,18H,8-11H2,1-3H3/t14-,15-/m0/s1. The summed E-state index contributed by atoms with van der Waals surface area (Å²) in [5.74, 6) is 0. The minimum Gasteiger partial charge on any atom is -0.391 e. The fraction of sp³-hybridized carbons (Fsp3) is 0.600. The van der Waals surface area contributed by atoms with Crippen molar-refractivity contribution in [3.63, 3.8) is 0 Å². The highest BCUT2D eigenvalue weighted by molar-refractivity contribution is 7.89. The lowest BCUT2D eigenvalue weighted by molar-refractivity contribution is 0.0739. The largest absolute Gasteiger partial charge is 0.391 e. The van der Waals surface area contributed by atoms with Gasteiger partial charge in [-0.3, -0.25) is 0 Å². The van der Waals surface area contributed by atoms with Gasteiger partial charge in [-0.05, 0) is 46.0 Å². The van der Waals surface area contributed by atoms with Crippen LogP contribution in [0.3, 0.4) is 0 Å². The van der Waals surface area contributed by atoms with Crippen molar-refractivity contribution in [3.05, 3.63) is 29.8 Å². The van der Waals surface area contributed by atoms with Crippen LogP contribution in [0.4, 0.5) is 0 Å². The fourth-order valence-electron chi connectivity index (χ4n) is 2.75. The van der Waals surface area contributed by atoms with Crippen LogP contribution in [-0.4, -0.2) is 62.1 Å². The number of aliphatic hydroxyl groups is 1. The molecule has 1 N–H and O–H groups in total. The van der Waals surface area contributed by atoms with Crippen molar-refractivity contribution in [2.45, 2.75) is 36.8 Å². The van der Waals surface area contributed by atoms with Gasteiger partial charge in [0.25, 0.3) is 0 Å². The molecule has 118 valence electrons. The molecule has 0 saturated carbocycles. The zero-order chi connectivity index (χ0) is 15.6. The third kappa shape index (κ3) is 3.63. The van der Waals surface area contributed by atoms with E-state index in [4.69, 9.17) is 0 Å². The van der Waals surface area contributed by atoms with Crippen molar-refractivity contribution >= 4 is 10.0 Å². The summed E-state index contributed by atoms with van der Waals surface area (Å²) >= 11 is 0. The predicted octanol–water partition coefficient (Wildman–Crippen LogP) is 1.07. The summed E-state index contributed by atoms with van der Waals surface area (Å²) in [4.78, 5) is 2.29. The average molecular weight is 312 g/mol. The first kappa shape index (κ1) is 16.4. The third-order valence-electron chi connectivity index (χ3n) is 4.11. The predicted molar refractivity (Wildman–Crippen MR) is 82.7 cm³/mol. The van der Waals surface area contributed by atoms with Gasteiger partial charge in [-0.2, -0.15) is 4.31 Å². The molecule has 0 radical (unpaired) electrons. The molecule has 1 saturated heterocycles. The molecule has 1 aliphatic heterocycles. The van der Waals surface area contributed by atoms with Crippen LogP contribution < -0.4 is 0 Å². The third-order valence-corrected chi connectivity index (χ3v) is 6.03. The molecule has 0 amide bonds. The van der Waals surface area contributed by atoms with Crippen LogP contribution >= 0.6 is 0 Å². The molecule has 1 aromatic carbocycles. The van der Waals surface area contributed by atoms with E-state index in [-0.39, 0.29) is 6.04 Å². The Morgan fingerprint density at radius 3 is 2.29 bits per heavy atom. The Balaban J connectivity index is 2.19. The Hall–Kier alpha value is -0.950. The summed E-state index contributed by atoms with van der Waals surface area (Å²) < 4.78 is 26.8. The zero-order valence-electron chi connectivity index (χ0n) is 12.9. The van der Waals surface area contributed by atoms with Crippen LogP contribution in [0.1, 0.15) is 18.4 Å². The molecule has 0 unspecified atom stereocenters. The molecular weight excluding hydrogens is 288 g/mol. The van der Waals surface area contributed by atoms with E-state index < -0.39 is 16.1 Å². The first-order valence-electron chi connectivity index (χ1n) is 7.23. The van der Waals surface area contributed by atoms with Crippen molar-refractivity contribution < 1.29 is 13.5 Å². The van der Waals surface area contributed by atoms with Gasteiger partial charge in [-0.1, -0.05) is 17.7 Å². The van der Waals surface area contributed by atoms with Crippen LogP contribution in [0.5, 0.6) is 0 Å². The van der Waals surface area contributed by atoms with Crippen LogP contribution in [-0.2, 0) is 10.0 Å². The molecule has 1 fully saturated rings. The van der Waals surface area contributed by atoms with E-state index >= 15 is 0 Å². The van der Waals surface area contributed by atoms with Crippen molar-refractivity contribution in [2.75, 3.05) is 27.2 Å². The van der Waals surface area contributed by atoms with Gasteiger partial charge < -0.3 is 10.0 Å². The van der Waals surface area contributed by atoms with Gasteiger partial charge in [0.2, 0.25) is 10.0 Å². The maximum Gasteiger partial charge on any atom is 0.243 e. The van der Waals surface area contributed by atoms with E-state index in [2.05, 4.69) is 0 Å². The Labute approximate surface area is 127 Å². The molecule has 0 aromatic heterocycles. The van der Waals surface area contributed by atoms with Crippen LogP contribution in [0.15, 0.2) is 29.2 Å². The quantitative estimate of drug-likeness (QED) is 0.907. The molecule has 0 bridgehead atoms. The SMILES string of the molecule is Cc1ccc(S(=O)(=O)N2CC[C@H](O)[C@@H](N(C)C)CC2)cc1. The van der Waals surface area contributed by atoms with Gasteiger partial charge in [-0.15, -0.1) is 0 Å². The molecule has 1 heterocycles. The lowest BCUT2D eigenvalue weighted by Crippen LogP contribution is -2.38. The van der Waals surface area contributed by atoms with Crippen LogP contribution in [0, 0.1) is 6.92 Å². The molecule has 1 aromatic rings. The molecule has 2 rings (SSSR count). The van der Waals surface area contributed by atoms with Crippen LogP contribution in [0.2, 0.25) is 0 Å². The molecule has 21 heavy (non-hydrogen) atoms. The number of hydrogen-bond donors (Lipinski definition) is 1. The highest BCUT2D eigenvalue weighted by Crippen LogP contribution is 2.22. The topological polar surface area (TPSA) is 60.9 Å². The second-order valence-corrected chi connectivity index (χ2v) is 7.83. The van der Waals surface area contributed by atoms with Gasteiger partial charge in [0.1, 0.15) is 0 Å². The van der Waals surface area contributed by atoms with E-state index in [1.54, 1.807) is 12.1 Å². The number of hydrogen-bond acceptors (Lipinski definition) is 4. The van der Waals surface area contributed by atoms with Crippen molar-refractivity contribution in [2.24, 2.45) is 0 Å². The Morgan fingerprint density at radius 1 is 1.14 bits per heavy atom. The molecule has 2 atom stereocenters. The van der Waals surface area contributed by atoms with E-state index in [1.165, 1.54) is 4.31 Å². The number of rotatable bonds is 3. The monoisotopic (exact) mass is 312 g/mol. The van der Waals surface area contributed by atoms with Crippen molar-refractivity contribution in [1.82, 2.24) is 9.21 Å². The molecule has 0 spiro atoms. The summed E-state index contributed by atoms with van der Waals surface area (Å²) in [6.45, 7) is 2.73. The van der Waals surface area contributed by atoms with Crippen molar-refractivity contribution in [1.29, 1.82) is 0 Å². The summed E-state index contributed by atoms with van der Waals surface area (Å²) in [5.41, 5.74) is 1.04. The Morgan fingerprint density at radius 2 is 1.71 bits per heavy atom. The highest BCUT2D eigenvalue weighted by atomic mass is 32.2. The maximum atomic E-state index is 12.7. The number of aryl methyl sites for hydroxylation is 1. The lowest BCUT2D eigenvalue weighted by Gasteiger charge is -2.26. The maximum absolute atomic E-state index is 12.7. The molecule has 1 aliphatic rings. The summed E-state index contributed by atoms with van der Waals surface area (Å²) in [7, 11) is 0.358. The van der Waals surface area contributed by atoms with Crippen molar-refractivity contribution in [3.8, 4) is 0 Å². The lowest BCUT2D eigenvalue weighted by atomic mass is 10.1. The van der Waals surface area contributed by atoms with Gasteiger partial charge in [0.05, 0.1) is 11.0 Å². The normalized spacial score (nSPS) is 25.0. The Bertz CT molecular complexity index is 569. The average Bonchev–Trinajstić information content (AvgIpc) is 2.61. The van der Waals surface area contributed by atoms with Gasteiger partial charge in [0.15, 0.2) is 0 Å².